The number of hydrogen-bond acceptors (Lipinski definition) is 4. The summed E-state index contributed by atoms with van der Waals surface area (Å²) in [6.07, 6.45) is -3.87. The lowest BCUT2D eigenvalue weighted by Gasteiger charge is -2.24. The van der Waals surface area contributed by atoms with E-state index in [1.165, 1.54) is 0 Å². The Hall–Kier alpha value is -2.45. The van der Waals surface area contributed by atoms with Gasteiger partial charge >= 0.3 is 6.18 Å². The molecule has 2 aromatic rings. The summed E-state index contributed by atoms with van der Waals surface area (Å²) in [6, 6.07) is 9.00. The molecular formula is C17H16F3N3O2. The minimum Gasteiger partial charge on any atom is -0.371 e. The largest absolute Gasteiger partial charge is 0.417 e. The van der Waals surface area contributed by atoms with Crippen LogP contribution in [0.4, 0.5) is 18.9 Å². The van der Waals surface area contributed by atoms with Crippen LogP contribution >= 0.6 is 0 Å². The number of carbonyl (C=O) groups is 1. The molecule has 1 aromatic carbocycles. The van der Waals surface area contributed by atoms with Gasteiger partial charge in [0.2, 0.25) is 0 Å². The number of aromatic nitrogens is 1. The Balaban J connectivity index is 1.64. The number of benzene rings is 1. The predicted molar refractivity (Wildman–Crippen MR) is 85.2 cm³/mol. The molecule has 25 heavy (non-hydrogen) atoms. The number of morpholine rings is 1. The van der Waals surface area contributed by atoms with Crippen LogP contribution in [0.15, 0.2) is 42.6 Å². The zero-order chi connectivity index (χ0) is 17.9. The Bertz CT molecular complexity index is 724. The second-order valence-corrected chi connectivity index (χ2v) is 5.57. The molecule has 3 rings (SSSR count). The summed E-state index contributed by atoms with van der Waals surface area (Å²) >= 11 is 0. The Morgan fingerprint density at radius 3 is 2.52 bits per heavy atom. The Kier molecular flexibility index (Phi) is 5.00. The molecule has 1 saturated heterocycles. The summed E-state index contributed by atoms with van der Waals surface area (Å²) in [7, 11) is 0. The molecule has 1 aromatic heterocycles. The van der Waals surface area contributed by atoms with E-state index in [4.69, 9.17) is 4.74 Å². The molecule has 2 N–H and O–H groups in total. The third-order valence-electron chi connectivity index (χ3n) is 3.79. The van der Waals surface area contributed by atoms with E-state index < -0.39 is 17.6 Å². The van der Waals surface area contributed by atoms with E-state index in [2.05, 4.69) is 15.6 Å². The standard InChI is InChI=1S/C17H16F3N3O2/c18-17(19,20)12-3-6-14(22-9-12)16(24)23-13-4-1-11(2-5-13)15-10-21-7-8-25-15/h1-6,9,15,21H,7-8,10H2,(H,23,24)/t15-/m1/s1. The number of halogens is 3. The highest BCUT2D eigenvalue weighted by Gasteiger charge is 2.30. The number of nitrogens with one attached hydrogen (secondary N) is 2. The van der Waals surface area contributed by atoms with Gasteiger partial charge in [-0.2, -0.15) is 13.2 Å². The van der Waals surface area contributed by atoms with Gasteiger partial charge in [0, 0.05) is 25.0 Å². The fourth-order valence-corrected chi connectivity index (χ4v) is 2.45. The molecule has 0 bridgehead atoms. The van der Waals surface area contributed by atoms with Gasteiger partial charge < -0.3 is 15.4 Å². The van der Waals surface area contributed by atoms with E-state index in [9.17, 15) is 18.0 Å². The maximum absolute atomic E-state index is 12.5. The molecule has 8 heteroatoms. The van der Waals surface area contributed by atoms with E-state index in [1.807, 2.05) is 12.1 Å². The van der Waals surface area contributed by atoms with E-state index in [0.717, 1.165) is 30.8 Å². The van der Waals surface area contributed by atoms with Gasteiger partial charge in [0.15, 0.2) is 0 Å². The van der Waals surface area contributed by atoms with Crippen molar-refractivity contribution < 1.29 is 22.7 Å². The molecule has 1 atom stereocenters. The predicted octanol–water partition coefficient (Wildman–Crippen LogP) is 3.01. The van der Waals surface area contributed by atoms with Crippen LogP contribution in [0.25, 0.3) is 0 Å². The highest BCUT2D eigenvalue weighted by Crippen LogP contribution is 2.28. The van der Waals surface area contributed by atoms with Crippen molar-refractivity contribution in [2.45, 2.75) is 12.3 Å². The lowest BCUT2D eigenvalue weighted by Crippen LogP contribution is -2.33. The van der Waals surface area contributed by atoms with Crippen molar-refractivity contribution in [1.82, 2.24) is 10.3 Å². The zero-order valence-corrected chi connectivity index (χ0v) is 13.1. The van der Waals surface area contributed by atoms with Crippen molar-refractivity contribution in [2.75, 3.05) is 25.0 Å². The summed E-state index contributed by atoms with van der Waals surface area (Å²) < 4.78 is 43.2. The number of rotatable bonds is 3. The van der Waals surface area contributed by atoms with Gasteiger partial charge in [0.25, 0.3) is 5.91 Å². The second kappa shape index (κ2) is 7.20. The smallest absolute Gasteiger partial charge is 0.371 e. The number of anilines is 1. The molecule has 0 saturated carbocycles. The van der Waals surface area contributed by atoms with E-state index in [0.29, 0.717) is 18.5 Å². The maximum atomic E-state index is 12.5. The summed E-state index contributed by atoms with van der Waals surface area (Å²) in [5.41, 5.74) is 0.531. The number of alkyl halides is 3. The van der Waals surface area contributed by atoms with Crippen molar-refractivity contribution in [1.29, 1.82) is 0 Å². The van der Waals surface area contributed by atoms with Crippen LogP contribution < -0.4 is 10.6 Å². The van der Waals surface area contributed by atoms with Gasteiger partial charge in [0.05, 0.1) is 18.3 Å². The van der Waals surface area contributed by atoms with Gasteiger partial charge in [-0.3, -0.25) is 9.78 Å². The SMILES string of the molecule is O=C(Nc1ccc([C@H]2CNCCO2)cc1)c1ccc(C(F)(F)F)cn1. The van der Waals surface area contributed by atoms with Crippen molar-refractivity contribution in [2.24, 2.45) is 0 Å². The van der Waals surface area contributed by atoms with Gasteiger partial charge in [-0.05, 0) is 29.8 Å². The lowest BCUT2D eigenvalue weighted by molar-refractivity contribution is -0.137. The van der Waals surface area contributed by atoms with Gasteiger partial charge in [-0.1, -0.05) is 12.1 Å². The van der Waals surface area contributed by atoms with E-state index in [1.54, 1.807) is 12.1 Å². The van der Waals surface area contributed by atoms with E-state index >= 15 is 0 Å². The van der Waals surface area contributed by atoms with Crippen LogP contribution in [0.3, 0.4) is 0 Å². The van der Waals surface area contributed by atoms with Crippen LogP contribution in [0.1, 0.15) is 27.7 Å². The first-order chi connectivity index (χ1) is 11.9. The van der Waals surface area contributed by atoms with Crippen LogP contribution in [0, 0.1) is 0 Å². The quantitative estimate of drug-likeness (QED) is 0.892. The van der Waals surface area contributed by atoms with Gasteiger partial charge in [-0.25, -0.2) is 0 Å². The molecule has 0 unspecified atom stereocenters. The molecule has 1 amide bonds. The summed E-state index contributed by atoms with van der Waals surface area (Å²) in [4.78, 5) is 15.6. The molecule has 2 heterocycles. The highest BCUT2D eigenvalue weighted by molar-refractivity contribution is 6.02. The lowest BCUT2D eigenvalue weighted by atomic mass is 10.1. The van der Waals surface area contributed by atoms with Crippen molar-refractivity contribution in [3.8, 4) is 0 Å². The average molecular weight is 351 g/mol. The third-order valence-corrected chi connectivity index (χ3v) is 3.79. The summed E-state index contributed by atoms with van der Waals surface area (Å²) in [5, 5.41) is 5.84. The fourth-order valence-electron chi connectivity index (χ4n) is 2.45. The topological polar surface area (TPSA) is 63.2 Å². The van der Waals surface area contributed by atoms with Gasteiger partial charge in [-0.15, -0.1) is 0 Å². The second-order valence-electron chi connectivity index (χ2n) is 5.57. The maximum Gasteiger partial charge on any atom is 0.417 e. The molecule has 1 fully saturated rings. The highest BCUT2D eigenvalue weighted by atomic mass is 19.4. The first kappa shape index (κ1) is 17.4. The third kappa shape index (κ3) is 4.34. The Labute approximate surface area is 142 Å². The zero-order valence-electron chi connectivity index (χ0n) is 13.1. The number of nitrogens with zero attached hydrogens (tertiary/aromatic N) is 1. The normalized spacial score (nSPS) is 18.0. The summed E-state index contributed by atoms with van der Waals surface area (Å²) in [6.45, 7) is 2.19. The molecule has 0 spiro atoms. The molecule has 1 aliphatic heterocycles. The molecule has 132 valence electrons. The number of ether oxygens (including phenoxy) is 1. The fraction of sp³-hybridized carbons (Fsp3) is 0.294. The first-order valence-electron chi connectivity index (χ1n) is 7.70. The van der Waals surface area contributed by atoms with Crippen LogP contribution in [0.5, 0.6) is 0 Å². The molecule has 5 nitrogen and oxygen atoms in total. The Morgan fingerprint density at radius 1 is 1.20 bits per heavy atom. The summed E-state index contributed by atoms with van der Waals surface area (Å²) in [5.74, 6) is -0.572. The van der Waals surface area contributed by atoms with Crippen LogP contribution in [0.2, 0.25) is 0 Å². The number of carbonyl (C=O) groups excluding carboxylic acids is 1. The van der Waals surface area contributed by atoms with Crippen molar-refractivity contribution >= 4 is 11.6 Å². The molecular weight excluding hydrogens is 335 g/mol. The minimum atomic E-state index is -4.48. The van der Waals surface area contributed by atoms with Crippen molar-refractivity contribution in [3.63, 3.8) is 0 Å². The number of pyridine rings is 1. The monoisotopic (exact) mass is 351 g/mol. The minimum absolute atomic E-state index is 0.0323. The average Bonchev–Trinajstić information content (AvgIpc) is 2.62. The van der Waals surface area contributed by atoms with Crippen molar-refractivity contribution in [3.05, 3.63) is 59.4 Å². The van der Waals surface area contributed by atoms with E-state index in [-0.39, 0.29) is 11.8 Å². The Morgan fingerprint density at radius 2 is 1.96 bits per heavy atom. The van der Waals surface area contributed by atoms with Gasteiger partial charge in [0.1, 0.15) is 5.69 Å². The number of hydrogen-bond donors (Lipinski definition) is 2. The number of amides is 1. The molecule has 0 radical (unpaired) electrons. The van der Waals surface area contributed by atoms with Crippen LogP contribution in [-0.4, -0.2) is 30.6 Å². The first-order valence-corrected chi connectivity index (χ1v) is 7.70. The molecule has 0 aliphatic carbocycles. The molecule has 1 aliphatic rings. The van der Waals surface area contributed by atoms with Crippen LogP contribution in [-0.2, 0) is 10.9 Å².